The summed E-state index contributed by atoms with van der Waals surface area (Å²) < 4.78 is 16.4. The molecule has 1 aliphatic heterocycles. The summed E-state index contributed by atoms with van der Waals surface area (Å²) in [7, 11) is 3.17. The first-order valence-corrected chi connectivity index (χ1v) is 11.1. The number of carbonyl (C=O) groups is 2. The Kier molecular flexibility index (Phi) is 8.23. The van der Waals surface area contributed by atoms with Gasteiger partial charge in [-0.2, -0.15) is 0 Å². The molecular weight excluding hydrogens is 424 g/mol. The van der Waals surface area contributed by atoms with E-state index in [-0.39, 0.29) is 24.6 Å². The average molecular weight is 457 g/mol. The molecule has 0 saturated heterocycles. The molecule has 0 saturated carbocycles. The van der Waals surface area contributed by atoms with E-state index in [9.17, 15) is 9.59 Å². The molecule has 0 aromatic heterocycles. The monoisotopic (exact) mass is 456 g/mol. The molecular formula is C24H32N4O5. The zero-order valence-electron chi connectivity index (χ0n) is 19.6. The largest absolute Gasteiger partial charge is 0.494 e. The lowest BCUT2D eigenvalue weighted by Gasteiger charge is -2.37. The second kappa shape index (κ2) is 11.3. The molecule has 0 fully saturated rings. The van der Waals surface area contributed by atoms with Gasteiger partial charge in [-0.05, 0) is 67.8 Å². The van der Waals surface area contributed by atoms with Gasteiger partial charge in [-0.1, -0.05) is 0 Å². The number of hydrogen-bond acceptors (Lipinski definition) is 5. The highest BCUT2D eigenvalue weighted by molar-refractivity contribution is 5.90. The number of nitrogens with zero attached hydrogens (tertiary/aromatic N) is 1. The molecule has 1 atom stereocenters. The third kappa shape index (κ3) is 5.79. The van der Waals surface area contributed by atoms with E-state index in [0.29, 0.717) is 43.3 Å². The Bertz CT molecular complexity index is 964. The quantitative estimate of drug-likeness (QED) is 0.564. The number of anilines is 1. The summed E-state index contributed by atoms with van der Waals surface area (Å²) in [5, 5.41) is 8.55. The van der Waals surface area contributed by atoms with E-state index in [1.807, 2.05) is 38.1 Å². The zero-order chi connectivity index (χ0) is 23.8. The SMILES string of the molecule is CCNC(=O)NC[C@H]1c2cc(OC)c(OC)cc2CCN1C(=O)Nc1ccc(OCC)cc1. The van der Waals surface area contributed by atoms with Crippen molar-refractivity contribution in [1.82, 2.24) is 15.5 Å². The molecule has 9 heteroatoms. The van der Waals surface area contributed by atoms with Crippen LogP contribution in [-0.2, 0) is 6.42 Å². The van der Waals surface area contributed by atoms with Crippen LogP contribution in [-0.4, -0.2) is 57.4 Å². The van der Waals surface area contributed by atoms with E-state index in [2.05, 4.69) is 16.0 Å². The van der Waals surface area contributed by atoms with Crippen molar-refractivity contribution in [3.63, 3.8) is 0 Å². The molecule has 2 aromatic rings. The predicted octanol–water partition coefficient (Wildman–Crippen LogP) is 3.55. The number of urea groups is 2. The lowest BCUT2D eigenvalue weighted by Crippen LogP contribution is -2.48. The van der Waals surface area contributed by atoms with Gasteiger partial charge in [0.1, 0.15) is 5.75 Å². The Morgan fingerprint density at radius 3 is 2.36 bits per heavy atom. The Morgan fingerprint density at radius 2 is 1.73 bits per heavy atom. The van der Waals surface area contributed by atoms with Gasteiger partial charge < -0.3 is 35.1 Å². The van der Waals surface area contributed by atoms with Crippen LogP contribution >= 0.6 is 0 Å². The molecule has 4 amide bonds. The fourth-order valence-corrected chi connectivity index (χ4v) is 3.90. The number of methoxy groups -OCH3 is 2. The van der Waals surface area contributed by atoms with Crippen LogP contribution in [0.15, 0.2) is 36.4 Å². The molecule has 0 bridgehead atoms. The first-order chi connectivity index (χ1) is 16.0. The van der Waals surface area contributed by atoms with Crippen molar-refractivity contribution in [1.29, 1.82) is 0 Å². The molecule has 2 aromatic carbocycles. The second-order valence-electron chi connectivity index (χ2n) is 7.49. The maximum Gasteiger partial charge on any atom is 0.322 e. The highest BCUT2D eigenvalue weighted by Crippen LogP contribution is 2.38. The lowest BCUT2D eigenvalue weighted by molar-refractivity contribution is 0.179. The van der Waals surface area contributed by atoms with Crippen LogP contribution in [0.5, 0.6) is 17.2 Å². The number of ether oxygens (including phenoxy) is 3. The van der Waals surface area contributed by atoms with Gasteiger partial charge in [-0.15, -0.1) is 0 Å². The van der Waals surface area contributed by atoms with Crippen LogP contribution in [0.4, 0.5) is 15.3 Å². The number of fused-ring (bicyclic) bond motifs is 1. The summed E-state index contributed by atoms with van der Waals surface area (Å²) in [6, 6.07) is 10.2. The number of nitrogens with one attached hydrogen (secondary N) is 3. The molecule has 3 N–H and O–H groups in total. The first kappa shape index (κ1) is 24.0. The fraction of sp³-hybridized carbons (Fsp3) is 0.417. The summed E-state index contributed by atoms with van der Waals surface area (Å²) in [5.41, 5.74) is 2.63. The normalized spacial score (nSPS) is 14.7. The number of amides is 4. The van der Waals surface area contributed by atoms with E-state index in [4.69, 9.17) is 14.2 Å². The molecule has 0 spiro atoms. The minimum Gasteiger partial charge on any atom is -0.494 e. The van der Waals surface area contributed by atoms with Crippen LogP contribution in [0.2, 0.25) is 0 Å². The smallest absolute Gasteiger partial charge is 0.322 e. The first-order valence-electron chi connectivity index (χ1n) is 11.1. The third-order valence-corrected chi connectivity index (χ3v) is 5.47. The van der Waals surface area contributed by atoms with Crippen molar-refractivity contribution in [2.75, 3.05) is 45.8 Å². The number of benzene rings is 2. The highest BCUT2D eigenvalue weighted by atomic mass is 16.5. The van der Waals surface area contributed by atoms with Gasteiger partial charge in [0, 0.05) is 25.3 Å². The molecule has 1 heterocycles. The van der Waals surface area contributed by atoms with Crippen LogP contribution in [0, 0.1) is 0 Å². The molecule has 3 rings (SSSR count). The Hall–Kier alpha value is -3.62. The van der Waals surface area contributed by atoms with E-state index in [0.717, 1.165) is 16.9 Å². The van der Waals surface area contributed by atoms with E-state index < -0.39 is 0 Å². The lowest BCUT2D eigenvalue weighted by atomic mass is 9.92. The van der Waals surface area contributed by atoms with E-state index >= 15 is 0 Å². The van der Waals surface area contributed by atoms with Crippen LogP contribution in [0.3, 0.4) is 0 Å². The molecule has 1 aliphatic rings. The van der Waals surface area contributed by atoms with Crippen molar-refractivity contribution in [2.24, 2.45) is 0 Å². The molecule has 9 nitrogen and oxygen atoms in total. The standard InChI is InChI=1S/C24H32N4O5/c1-5-25-23(29)26-15-20-19-14-22(32-4)21(31-3)13-16(19)11-12-28(20)24(30)27-17-7-9-18(10-8-17)33-6-2/h7-10,13-14,20H,5-6,11-12,15H2,1-4H3,(H,27,30)(H2,25,26,29)/t20-/m0/s1. The maximum absolute atomic E-state index is 13.2. The number of rotatable bonds is 8. The Balaban J connectivity index is 1.85. The minimum atomic E-state index is -0.376. The van der Waals surface area contributed by atoms with Gasteiger partial charge >= 0.3 is 12.1 Å². The molecule has 0 aliphatic carbocycles. The second-order valence-corrected chi connectivity index (χ2v) is 7.49. The van der Waals surface area contributed by atoms with Crippen molar-refractivity contribution in [3.8, 4) is 17.2 Å². The highest BCUT2D eigenvalue weighted by Gasteiger charge is 2.32. The van der Waals surface area contributed by atoms with Crippen molar-refractivity contribution in [2.45, 2.75) is 26.3 Å². The van der Waals surface area contributed by atoms with Gasteiger partial charge in [0.05, 0.1) is 26.9 Å². The molecule has 0 unspecified atom stereocenters. The summed E-state index contributed by atoms with van der Waals surface area (Å²) in [5.74, 6) is 1.96. The van der Waals surface area contributed by atoms with Crippen molar-refractivity contribution in [3.05, 3.63) is 47.5 Å². The van der Waals surface area contributed by atoms with E-state index in [1.165, 1.54) is 0 Å². The van der Waals surface area contributed by atoms with Crippen molar-refractivity contribution < 1.29 is 23.8 Å². The number of carbonyl (C=O) groups excluding carboxylic acids is 2. The summed E-state index contributed by atoms with van der Waals surface area (Å²) in [4.78, 5) is 27.1. The van der Waals surface area contributed by atoms with Gasteiger partial charge in [-0.25, -0.2) is 9.59 Å². The van der Waals surface area contributed by atoms with E-state index in [1.54, 1.807) is 31.3 Å². The summed E-state index contributed by atoms with van der Waals surface area (Å²) in [6.07, 6.45) is 0.657. The maximum atomic E-state index is 13.2. The van der Waals surface area contributed by atoms with Gasteiger partial charge in [0.15, 0.2) is 11.5 Å². The van der Waals surface area contributed by atoms with Gasteiger partial charge in [0.2, 0.25) is 0 Å². The van der Waals surface area contributed by atoms with Crippen LogP contribution < -0.4 is 30.2 Å². The Labute approximate surface area is 194 Å². The average Bonchev–Trinajstić information content (AvgIpc) is 2.83. The van der Waals surface area contributed by atoms with Gasteiger partial charge in [-0.3, -0.25) is 0 Å². The fourth-order valence-electron chi connectivity index (χ4n) is 3.90. The van der Waals surface area contributed by atoms with Gasteiger partial charge in [0.25, 0.3) is 0 Å². The summed E-state index contributed by atoms with van der Waals surface area (Å²) in [6.45, 7) is 5.61. The third-order valence-electron chi connectivity index (χ3n) is 5.47. The molecule has 0 radical (unpaired) electrons. The topological polar surface area (TPSA) is 101 Å². The van der Waals surface area contributed by atoms with Crippen LogP contribution in [0.1, 0.15) is 31.0 Å². The predicted molar refractivity (Wildman–Crippen MR) is 126 cm³/mol. The molecule has 178 valence electrons. The summed E-state index contributed by atoms with van der Waals surface area (Å²) >= 11 is 0. The Morgan fingerprint density at radius 1 is 1.03 bits per heavy atom. The van der Waals surface area contributed by atoms with Crippen LogP contribution in [0.25, 0.3) is 0 Å². The molecule has 33 heavy (non-hydrogen) atoms. The number of hydrogen-bond donors (Lipinski definition) is 3. The minimum absolute atomic E-state index is 0.248. The van der Waals surface area contributed by atoms with Crippen molar-refractivity contribution >= 4 is 17.7 Å². The zero-order valence-corrected chi connectivity index (χ0v) is 19.6.